The number of carbonyl (C=O) groups is 2. The lowest BCUT2D eigenvalue weighted by atomic mass is 10.1. The van der Waals surface area contributed by atoms with Gasteiger partial charge in [0.05, 0.1) is 36.0 Å². The molecule has 3 rings (SSSR count). The van der Waals surface area contributed by atoms with Gasteiger partial charge in [0.2, 0.25) is 5.91 Å². The molecule has 1 N–H and O–H groups in total. The first-order valence-corrected chi connectivity index (χ1v) is 8.97. The summed E-state index contributed by atoms with van der Waals surface area (Å²) in [7, 11) is 1.32. The molecule has 0 fully saturated rings. The third kappa shape index (κ3) is 4.35. The molecule has 156 valence electrons. The van der Waals surface area contributed by atoms with Crippen molar-refractivity contribution in [3.05, 3.63) is 69.3 Å². The van der Waals surface area contributed by atoms with Crippen LogP contribution in [0.25, 0.3) is 0 Å². The summed E-state index contributed by atoms with van der Waals surface area (Å²) in [5, 5.41) is 22.0. The van der Waals surface area contributed by atoms with E-state index in [1.165, 1.54) is 24.9 Å². The van der Waals surface area contributed by atoms with Crippen LogP contribution in [0.3, 0.4) is 0 Å². The van der Waals surface area contributed by atoms with Crippen LogP contribution in [0, 0.1) is 24.0 Å². The van der Waals surface area contributed by atoms with E-state index in [0.29, 0.717) is 23.5 Å². The number of amides is 1. The van der Waals surface area contributed by atoms with E-state index in [9.17, 15) is 19.7 Å². The molecule has 2 heterocycles. The zero-order chi connectivity index (χ0) is 21.8. The van der Waals surface area contributed by atoms with Crippen LogP contribution >= 0.6 is 0 Å². The maximum Gasteiger partial charge on any atom is 0.338 e. The van der Waals surface area contributed by atoms with Crippen molar-refractivity contribution in [1.29, 1.82) is 0 Å². The van der Waals surface area contributed by atoms with Gasteiger partial charge in [0, 0.05) is 6.20 Å². The van der Waals surface area contributed by atoms with E-state index >= 15 is 0 Å². The highest BCUT2D eigenvalue weighted by molar-refractivity contribution is 5.91. The first-order chi connectivity index (χ1) is 14.3. The summed E-state index contributed by atoms with van der Waals surface area (Å²) in [6, 6.07) is 7.01. The Bertz CT molecular complexity index is 1120. The second-order valence-corrected chi connectivity index (χ2v) is 6.56. The molecular weight excluding hydrogens is 392 g/mol. The number of ether oxygens (including phenoxy) is 1. The summed E-state index contributed by atoms with van der Waals surface area (Å²) in [5.74, 6) is -0.838. The largest absolute Gasteiger partial charge is 0.465 e. The molecular formula is C19H20N6O5. The first-order valence-electron chi connectivity index (χ1n) is 8.97. The number of hydrogen-bond donors (Lipinski definition) is 1. The molecule has 0 saturated carbocycles. The van der Waals surface area contributed by atoms with Gasteiger partial charge in [-0.05, 0) is 25.5 Å². The molecule has 0 aliphatic rings. The maximum absolute atomic E-state index is 12.3. The summed E-state index contributed by atoms with van der Waals surface area (Å²) in [5.41, 5.74) is 2.07. The van der Waals surface area contributed by atoms with Crippen LogP contribution in [0.4, 0.5) is 11.4 Å². The van der Waals surface area contributed by atoms with Crippen molar-refractivity contribution in [1.82, 2.24) is 19.6 Å². The van der Waals surface area contributed by atoms with Gasteiger partial charge in [0.15, 0.2) is 0 Å². The van der Waals surface area contributed by atoms with Gasteiger partial charge in [-0.2, -0.15) is 10.2 Å². The van der Waals surface area contributed by atoms with Crippen LogP contribution in [0.15, 0.2) is 36.7 Å². The highest BCUT2D eigenvalue weighted by atomic mass is 16.6. The number of esters is 1. The number of aryl methyl sites for hydroxylation is 1. The van der Waals surface area contributed by atoms with E-state index in [1.807, 2.05) is 6.07 Å². The second kappa shape index (κ2) is 8.55. The van der Waals surface area contributed by atoms with Crippen molar-refractivity contribution in [3.8, 4) is 0 Å². The monoisotopic (exact) mass is 412 g/mol. The molecule has 3 aromatic rings. The molecule has 30 heavy (non-hydrogen) atoms. The van der Waals surface area contributed by atoms with Crippen molar-refractivity contribution in [3.63, 3.8) is 0 Å². The minimum atomic E-state index is -0.512. The van der Waals surface area contributed by atoms with Gasteiger partial charge >= 0.3 is 11.7 Å². The molecule has 0 bridgehead atoms. The van der Waals surface area contributed by atoms with E-state index in [1.54, 1.807) is 36.0 Å². The molecule has 0 atom stereocenters. The van der Waals surface area contributed by atoms with Crippen molar-refractivity contribution in [2.75, 3.05) is 12.4 Å². The van der Waals surface area contributed by atoms with Crippen LogP contribution in [0.2, 0.25) is 0 Å². The summed E-state index contributed by atoms with van der Waals surface area (Å²) in [6.07, 6.45) is 3.10. The van der Waals surface area contributed by atoms with E-state index in [-0.39, 0.29) is 17.9 Å². The van der Waals surface area contributed by atoms with Crippen molar-refractivity contribution < 1.29 is 19.2 Å². The van der Waals surface area contributed by atoms with Gasteiger partial charge in [0.25, 0.3) is 0 Å². The molecule has 0 spiro atoms. The molecule has 11 nitrogen and oxygen atoms in total. The van der Waals surface area contributed by atoms with Gasteiger partial charge in [0.1, 0.15) is 17.9 Å². The minimum Gasteiger partial charge on any atom is -0.465 e. The number of methoxy groups -OCH3 is 1. The van der Waals surface area contributed by atoms with E-state index in [4.69, 9.17) is 4.74 Å². The molecule has 0 aliphatic carbocycles. The van der Waals surface area contributed by atoms with E-state index in [2.05, 4.69) is 15.5 Å². The van der Waals surface area contributed by atoms with E-state index in [0.717, 1.165) is 5.56 Å². The number of benzene rings is 1. The average Bonchev–Trinajstić information content (AvgIpc) is 3.24. The van der Waals surface area contributed by atoms with Crippen molar-refractivity contribution in [2.24, 2.45) is 0 Å². The summed E-state index contributed by atoms with van der Waals surface area (Å²) < 4.78 is 7.65. The molecule has 11 heteroatoms. The Morgan fingerprint density at radius 3 is 2.67 bits per heavy atom. The van der Waals surface area contributed by atoms with Crippen molar-refractivity contribution in [2.45, 2.75) is 26.9 Å². The standard InChI is InChI=1S/C19H20N6O5/c1-12-18(25(28)29)13(2)24(22-12)11-17(26)21-15-8-20-23(10-15)9-14-6-4-5-7-16(14)19(27)30-3/h4-8,10H,9,11H2,1-3H3,(H,21,26). The molecule has 1 aromatic carbocycles. The number of nitrogens with zero attached hydrogens (tertiary/aromatic N) is 5. The van der Waals surface area contributed by atoms with Crippen LogP contribution in [-0.4, -0.2) is 43.5 Å². The normalized spacial score (nSPS) is 10.6. The zero-order valence-corrected chi connectivity index (χ0v) is 16.7. The first kappa shape index (κ1) is 20.7. The number of rotatable bonds is 7. The number of carbonyl (C=O) groups excluding carboxylic acids is 2. The fraction of sp³-hybridized carbons (Fsp3) is 0.263. The Morgan fingerprint density at radius 2 is 2.00 bits per heavy atom. The Morgan fingerprint density at radius 1 is 1.27 bits per heavy atom. The van der Waals surface area contributed by atoms with Gasteiger partial charge < -0.3 is 10.1 Å². The molecule has 0 radical (unpaired) electrons. The van der Waals surface area contributed by atoms with Gasteiger partial charge in [-0.15, -0.1) is 0 Å². The quantitative estimate of drug-likeness (QED) is 0.357. The fourth-order valence-electron chi connectivity index (χ4n) is 3.10. The van der Waals surface area contributed by atoms with Crippen LogP contribution in [-0.2, 0) is 22.6 Å². The summed E-state index contributed by atoms with van der Waals surface area (Å²) in [4.78, 5) is 34.8. The third-order valence-corrected chi connectivity index (χ3v) is 4.49. The van der Waals surface area contributed by atoms with Crippen LogP contribution in [0.5, 0.6) is 0 Å². The van der Waals surface area contributed by atoms with Crippen molar-refractivity contribution >= 4 is 23.3 Å². The van der Waals surface area contributed by atoms with Gasteiger partial charge in [-0.25, -0.2) is 4.79 Å². The van der Waals surface area contributed by atoms with Crippen LogP contribution in [0.1, 0.15) is 27.3 Å². The Hall–Kier alpha value is -4.02. The predicted molar refractivity (Wildman–Crippen MR) is 106 cm³/mol. The predicted octanol–water partition coefficient (Wildman–Crippen LogP) is 2.08. The topological polar surface area (TPSA) is 134 Å². The smallest absolute Gasteiger partial charge is 0.338 e. The second-order valence-electron chi connectivity index (χ2n) is 6.56. The third-order valence-electron chi connectivity index (χ3n) is 4.49. The SMILES string of the molecule is COC(=O)c1ccccc1Cn1cc(NC(=O)Cn2nc(C)c([N+](=O)[O-])c2C)cn1. The number of nitro groups is 1. The van der Waals surface area contributed by atoms with E-state index < -0.39 is 16.8 Å². The lowest BCUT2D eigenvalue weighted by molar-refractivity contribution is -0.386. The molecule has 1 amide bonds. The van der Waals surface area contributed by atoms with Gasteiger partial charge in [-0.1, -0.05) is 18.2 Å². The fourth-order valence-corrected chi connectivity index (χ4v) is 3.10. The molecule has 0 unspecified atom stereocenters. The average molecular weight is 412 g/mol. The lowest BCUT2D eigenvalue weighted by Gasteiger charge is -2.07. The number of aromatic nitrogens is 4. The highest BCUT2D eigenvalue weighted by Crippen LogP contribution is 2.21. The maximum atomic E-state index is 12.3. The Kier molecular flexibility index (Phi) is 5.90. The summed E-state index contributed by atoms with van der Waals surface area (Å²) >= 11 is 0. The number of hydrogen-bond acceptors (Lipinski definition) is 7. The molecule has 0 aliphatic heterocycles. The number of nitrogens with one attached hydrogen (secondary N) is 1. The Balaban J connectivity index is 1.68. The van der Waals surface area contributed by atoms with Gasteiger partial charge in [-0.3, -0.25) is 24.3 Å². The molecule has 2 aromatic heterocycles. The summed E-state index contributed by atoms with van der Waals surface area (Å²) in [6.45, 7) is 3.21. The molecule has 0 saturated heterocycles. The zero-order valence-electron chi connectivity index (χ0n) is 16.7. The van der Waals surface area contributed by atoms with Crippen LogP contribution < -0.4 is 5.32 Å². The minimum absolute atomic E-state index is 0.0973. The highest BCUT2D eigenvalue weighted by Gasteiger charge is 2.22. The number of anilines is 1. The lowest BCUT2D eigenvalue weighted by Crippen LogP contribution is -2.20. The Labute approximate surface area is 171 Å².